The molecule has 0 bridgehead atoms. The van der Waals surface area contributed by atoms with Gasteiger partial charge in [-0.05, 0) is 25.8 Å². The third-order valence-corrected chi connectivity index (χ3v) is 5.03. The molecular formula is C21H27NO5. The van der Waals surface area contributed by atoms with Crippen molar-refractivity contribution in [2.45, 2.75) is 64.2 Å². The molecular weight excluding hydrogens is 346 g/mol. The van der Waals surface area contributed by atoms with Crippen molar-refractivity contribution < 1.29 is 23.5 Å². The molecule has 1 fully saturated rings. The number of carbonyl (C=O) groups excluding carboxylic acids is 2. The summed E-state index contributed by atoms with van der Waals surface area (Å²) in [6, 6.07) is 7.52. The van der Waals surface area contributed by atoms with Crippen LogP contribution in [0, 0.1) is 0 Å². The molecule has 1 aliphatic rings. The summed E-state index contributed by atoms with van der Waals surface area (Å²) in [5.41, 5.74) is 1.22. The van der Waals surface area contributed by atoms with E-state index in [0.29, 0.717) is 11.1 Å². The van der Waals surface area contributed by atoms with Crippen molar-refractivity contribution in [2.24, 2.45) is 0 Å². The monoisotopic (exact) mass is 373 g/mol. The predicted molar refractivity (Wildman–Crippen MR) is 101 cm³/mol. The zero-order chi connectivity index (χ0) is 19.2. The van der Waals surface area contributed by atoms with Crippen LogP contribution in [0.1, 0.15) is 61.6 Å². The lowest BCUT2D eigenvalue weighted by molar-refractivity contribution is -0.130. The van der Waals surface area contributed by atoms with Crippen molar-refractivity contribution in [2.75, 3.05) is 7.11 Å². The molecule has 0 aliphatic heterocycles. The second kappa shape index (κ2) is 9.04. The van der Waals surface area contributed by atoms with Crippen molar-refractivity contribution >= 4 is 22.8 Å². The third-order valence-electron chi connectivity index (χ3n) is 5.03. The first-order valence-electron chi connectivity index (χ1n) is 9.61. The molecule has 2 aromatic rings. The highest BCUT2D eigenvalue weighted by molar-refractivity contribution is 5.97. The summed E-state index contributed by atoms with van der Waals surface area (Å²) in [4.78, 5) is 25.0. The highest BCUT2D eigenvalue weighted by Gasteiger charge is 2.27. The fourth-order valence-electron chi connectivity index (χ4n) is 3.56. The van der Waals surface area contributed by atoms with Crippen molar-refractivity contribution in [3.63, 3.8) is 0 Å². The molecule has 6 heteroatoms. The van der Waals surface area contributed by atoms with Crippen LogP contribution in [0.2, 0.25) is 0 Å². The molecule has 1 atom stereocenters. The molecule has 1 aromatic carbocycles. The Morgan fingerprint density at radius 2 is 1.89 bits per heavy atom. The Bertz CT molecular complexity index is 789. The molecule has 0 radical (unpaired) electrons. The van der Waals surface area contributed by atoms with E-state index in [2.05, 4.69) is 5.32 Å². The number of ether oxygens (including phenoxy) is 2. The van der Waals surface area contributed by atoms with E-state index in [0.717, 1.165) is 31.1 Å². The standard InChI is InChI=1S/C21H27NO5/c1-14(20(23)22-15-9-5-3-4-6-10-15)26-21(24)19-17(13-25-2)16-11-7-8-12-18(16)27-19/h7-8,11-12,14-15H,3-6,9-10,13H2,1-2H3,(H,22,23)/t14-/m1/s1. The lowest BCUT2D eigenvalue weighted by Gasteiger charge is -2.19. The van der Waals surface area contributed by atoms with Gasteiger partial charge in [-0.25, -0.2) is 4.79 Å². The summed E-state index contributed by atoms with van der Waals surface area (Å²) in [5, 5.41) is 3.82. The topological polar surface area (TPSA) is 77.8 Å². The van der Waals surface area contributed by atoms with Crippen LogP contribution in [-0.2, 0) is 20.9 Å². The maximum Gasteiger partial charge on any atom is 0.375 e. The van der Waals surface area contributed by atoms with Crippen molar-refractivity contribution in [3.05, 3.63) is 35.6 Å². The molecule has 1 aliphatic carbocycles. The van der Waals surface area contributed by atoms with Gasteiger partial charge in [-0.2, -0.15) is 0 Å². The van der Waals surface area contributed by atoms with E-state index in [-0.39, 0.29) is 24.3 Å². The Morgan fingerprint density at radius 3 is 2.59 bits per heavy atom. The number of hydrogen-bond donors (Lipinski definition) is 1. The van der Waals surface area contributed by atoms with Gasteiger partial charge in [0.2, 0.25) is 5.76 Å². The van der Waals surface area contributed by atoms with Crippen molar-refractivity contribution in [3.8, 4) is 0 Å². The summed E-state index contributed by atoms with van der Waals surface area (Å²) in [6.45, 7) is 1.81. The van der Waals surface area contributed by atoms with Gasteiger partial charge in [-0.1, -0.05) is 43.9 Å². The minimum atomic E-state index is -0.885. The Labute approximate surface area is 159 Å². The molecule has 0 unspecified atom stereocenters. The molecule has 1 saturated carbocycles. The number of furan rings is 1. The number of methoxy groups -OCH3 is 1. The molecule has 3 rings (SSSR count). The fraction of sp³-hybridized carbons (Fsp3) is 0.524. The summed E-state index contributed by atoms with van der Waals surface area (Å²) in [6.07, 6.45) is 5.75. The van der Waals surface area contributed by atoms with Crippen LogP contribution in [0.4, 0.5) is 0 Å². The molecule has 6 nitrogen and oxygen atoms in total. The van der Waals surface area contributed by atoms with E-state index in [1.54, 1.807) is 20.1 Å². The third kappa shape index (κ3) is 4.69. The van der Waals surface area contributed by atoms with Crippen LogP contribution in [0.25, 0.3) is 11.0 Å². The van der Waals surface area contributed by atoms with E-state index in [1.807, 2.05) is 18.2 Å². The second-order valence-corrected chi connectivity index (χ2v) is 7.08. The van der Waals surface area contributed by atoms with Crippen LogP contribution in [-0.4, -0.2) is 31.1 Å². The minimum Gasteiger partial charge on any atom is -0.449 e. The first-order valence-corrected chi connectivity index (χ1v) is 9.61. The molecule has 1 heterocycles. The largest absolute Gasteiger partial charge is 0.449 e. The van der Waals surface area contributed by atoms with Gasteiger partial charge >= 0.3 is 5.97 Å². The number of fused-ring (bicyclic) bond motifs is 1. The number of benzene rings is 1. The van der Waals surface area contributed by atoms with E-state index >= 15 is 0 Å². The number of amides is 1. The van der Waals surface area contributed by atoms with Gasteiger partial charge in [0.15, 0.2) is 6.10 Å². The van der Waals surface area contributed by atoms with Gasteiger partial charge in [0.05, 0.1) is 6.61 Å². The normalized spacial score (nSPS) is 16.7. The van der Waals surface area contributed by atoms with Crippen LogP contribution in [0.15, 0.2) is 28.7 Å². The molecule has 1 aromatic heterocycles. The minimum absolute atomic E-state index is 0.0900. The highest BCUT2D eigenvalue weighted by atomic mass is 16.6. The Kier molecular flexibility index (Phi) is 6.50. The smallest absolute Gasteiger partial charge is 0.375 e. The van der Waals surface area contributed by atoms with Gasteiger partial charge < -0.3 is 19.2 Å². The summed E-state index contributed by atoms with van der Waals surface area (Å²) in [5.74, 6) is -0.825. The Morgan fingerprint density at radius 1 is 1.19 bits per heavy atom. The van der Waals surface area contributed by atoms with E-state index < -0.39 is 12.1 Å². The fourth-order valence-corrected chi connectivity index (χ4v) is 3.56. The number of carbonyl (C=O) groups is 2. The quantitative estimate of drug-likeness (QED) is 0.612. The summed E-state index contributed by atoms with van der Waals surface area (Å²) in [7, 11) is 1.56. The molecule has 146 valence electrons. The maximum absolute atomic E-state index is 12.6. The number of esters is 1. The Balaban J connectivity index is 1.68. The number of hydrogen-bond acceptors (Lipinski definition) is 5. The van der Waals surface area contributed by atoms with Gasteiger partial charge in [-0.3, -0.25) is 4.79 Å². The van der Waals surface area contributed by atoms with Crippen LogP contribution >= 0.6 is 0 Å². The van der Waals surface area contributed by atoms with Crippen LogP contribution < -0.4 is 5.32 Å². The zero-order valence-electron chi connectivity index (χ0n) is 16.0. The van der Waals surface area contributed by atoms with Crippen molar-refractivity contribution in [1.29, 1.82) is 0 Å². The maximum atomic E-state index is 12.6. The average Bonchev–Trinajstić information content (AvgIpc) is 2.83. The first kappa shape index (κ1) is 19.4. The van der Waals surface area contributed by atoms with Gasteiger partial charge in [0.25, 0.3) is 5.91 Å². The highest BCUT2D eigenvalue weighted by Crippen LogP contribution is 2.27. The van der Waals surface area contributed by atoms with E-state index in [1.165, 1.54) is 12.8 Å². The molecule has 27 heavy (non-hydrogen) atoms. The summed E-state index contributed by atoms with van der Waals surface area (Å²) < 4.78 is 16.3. The van der Waals surface area contributed by atoms with Crippen LogP contribution in [0.3, 0.4) is 0 Å². The number of rotatable bonds is 6. The molecule has 0 saturated heterocycles. The predicted octanol–water partition coefficient (Wildman–Crippen LogP) is 3.96. The SMILES string of the molecule is COCc1c(C(=O)O[C@H](C)C(=O)NC2CCCCCC2)oc2ccccc12. The lowest BCUT2D eigenvalue weighted by Crippen LogP contribution is -2.41. The van der Waals surface area contributed by atoms with E-state index in [9.17, 15) is 9.59 Å². The van der Waals surface area contributed by atoms with Gasteiger partial charge in [-0.15, -0.1) is 0 Å². The molecule has 0 spiro atoms. The average molecular weight is 373 g/mol. The lowest BCUT2D eigenvalue weighted by atomic mass is 10.1. The first-order chi connectivity index (χ1) is 13.1. The van der Waals surface area contributed by atoms with Gasteiger partial charge in [0.1, 0.15) is 5.58 Å². The number of para-hydroxylation sites is 1. The molecule has 1 N–H and O–H groups in total. The second-order valence-electron chi connectivity index (χ2n) is 7.08. The molecule has 1 amide bonds. The van der Waals surface area contributed by atoms with E-state index in [4.69, 9.17) is 13.9 Å². The number of nitrogens with one attached hydrogen (secondary N) is 1. The summed E-state index contributed by atoms with van der Waals surface area (Å²) >= 11 is 0. The Hall–Kier alpha value is -2.34. The van der Waals surface area contributed by atoms with Gasteiger partial charge in [0, 0.05) is 24.1 Å². The van der Waals surface area contributed by atoms with Crippen LogP contribution in [0.5, 0.6) is 0 Å². The van der Waals surface area contributed by atoms with Crippen molar-refractivity contribution in [1.82, 2.24) is 5.32 Å². The zero-order valence-corrected chi connectivity index (χ0v) is 16.0.